The molecule has 4 heterocycles. The maximum atomic E-state index is 12.5. The summed E-state index contributed by atoms with van der Waals surface area (Å²) in [5.74, 6) is -1.03. The summed E-state index contributed by atoms with van der Waals surface area (Å²) in [5, 5.41) is 2.65. The fourth-order valence-electron chi connectivity index (χ4n) is 3.82. The van der Waals surface area contributed by atoms with Crippen molar-refractivity contribution >= 4 is 29.3 Å². The molecule has 0 saturated heterocycles. The van der Waals surface area contributed by atoms with Crippen molar-refractivity contribution in [3.05, 3.63) is 77.7 Å². The lowest BCUT2D eigenvalue weighted by molar-refractivity contribution is -0.116. The Labute approximate surface area is 182 Å². The molecule has 0 radical (unpaired) electrons. The molecule has 0 fully saturated rings. The highest BCUT2D eigenvalue weighted by Crippen LogP contribution is 2.24. The second-order valence-electron chi connectivity index (χ2n) is 7.35. The van der Waals surface area contributed by atoms with Crippen LogP contribution in [0.3, 0.4) is 0 Å². The molecular formula is C23H18N6O3. The van der Waals surface area contributed by atoms with Gasteiger partial charge in [-0.25, -0.2) is 15.0 Å². The van der Waals surface area contributed by atoms with Crippen LogP contribution in [0.15, 0.2) is 60.9 Å². The number of hydrogen-bond donors (Lipinski definition) is 1. The van der Waals surface area contributed by atoms with E-state index < -0.39 is 5.91 Å². The van der Waals surface area contributed by atoms with Gasteiger partial charge in [0.2, 0.25) is 11.9 Å². The molecule has 0 aliphatic carbocycles. The van der Waals surface area contributed by atoms with Gasteiger partial charge in [0.15, 0.2) is 0 Å². The molecule has 1 aromatic carbocycles. The van der Waals surface area contributed by atoms with Crippen LogP contribution in [0.5, 0.6) is 0 Å². The third kappa shape index (κ3) is 3.29. The molecule has 0 saturated carbocycles. The molecule has 0 bridgehead atoms. The molecule has 1 aliphatic heterocycles. The van der Waals surface area contributed by atoms with Gasteiger partial charge in [-0.1, -0.05) is 18.2 Å². The molecular weight excluding hydrogens is 408 g/mol. The van der Waals surface area contributed by atoms with E-state index in [9.17, 15) is 14.4 Å². The Morgan fingerprint density at radius 1 is 0.969 bits per heavy atom. The molecule has 9 heteroatoms. The van der Waals surface area contributed by atoms with E-state index in [0.717, 1.165) is 21.9 Å². The molecule has 1 aliphatic rings. The number of carbonyl (C=O) groups excluding carboxylic acids is 3. The van der Waals surface area contributed by atoms with Crippen LogP contribution < -0.4 is 5.32 Å². The number of rotatable bonds is 5. The SMILES string of the molecule is Cc1nc2ccccn2c1-c1ccnc(NC(=O)CCN2C(=O)c3ccccc3C2=O)n1. The van der Waals surface area contributed by atoms with Crippen LogP contribution in [0, 0.1) is 6.92 Å². The summed E-state index contributed by atoms with van der Waals surface area (Å²) >= 11 is 0. The van der Waals surface area contributed by atoms with Crippen molar-refractivity contribution < 1.29 is 14.4 Å². The average Bonchev–Trinajstić information content (AvgIpc) is 3.26. The minimum atomic E-state index is -0.395. The van der Waals surface area contributed by atoms with Crippen molar-refractivity contribution in [2.24, 2.45) is 0 Å². The number of nitrogens with zero attached hydrogens (tertiary/aromatic N) is 5. The molecule has 158 valence electrons. The summed E-state index contributed by atoms with van der Waals surface area (Å²) in [6.07, 6.45) is 3.39. The zero-order chi connectivity index (χ0) is 22.2. The van der Waals surface area contributed by atoms with E-state index in [2.05, 4.69) is 20.3 Å². The Balaban J connectivity index is 1.29. The number of anilines is 1. The van der Waals surface area contributed by atoms with Crippen molar-refractivity contribution in [2.75, 3.05) is 11.9 Å². The van der Waals surface area contributed by atoms with Crippen LogP contribution >= 0.6 is 0 Å². The summed E-state index contributed by atoms with van der Waals surface area (Å²) in [7, 11) is 0. The largest absolute Gasteiger partial charge is 0.298 e. The highest BCUT2D eigenvalue weighted by molar-refractivity contribution is 6.21. The number of hydrogen-bond acceptors (Lipinski definition) is 6. The number of aryl methyl sites for hydroxylation is 1. The van der Waals surface area contributed by atoms with E-state index in [1.54, 1.807) is 36.5 Å². The van der Waals surface area contributed by atoms with Crippen LogP contribution in [-0.4, -0.2) is 48.5 Å². The van der Waals surface area contributed by atoms with Gasteiger partial charge < -0.3 is 0 Å². The number of imide groups is 1. The van der Waals surface area contributed by atoms with Gasteiger partial charge in [-0.2, -0.15) is 0 Å². The van der Waals surface area contributed by atoms with Crippen molar-refractivity contribution in [1.82, 2.24) is 24.3 Å². The Morgan fingerprint density at radius 2 is 1.69 bits per heavy atom. The average molecular weight is 426 g/mol. The van der Waals surface area contributed by atoms with E-state index in [-0.39, 0.29) is 30.7 Å². The summed E-state index contributed by atoms with van der Waals surface area (Å²) in [4.78, 5) is 51.5. The van der Waals surface area contributed by atoms with E-state index in [4.69, 9.17) is 0 Å². The number of amides is 3. The van der Waals surface area contributed by atoms with Crippen LogP contribution in [0.2, 0.25) is 0 Å². The fourth-order valence-corrected chi connectivity index (χ4v) is 3.82. The quantitative estimate of drug-likeness (QED) is 0.492. The number of nitrogens with one attached hydrogen (secondary N) is 1. The minimum Gasteiger partial charge on any atom is -0.298 e. The molecule has 0 unspecified atom stereocenters. The summed E-state index contributed by atoms with van der Waals surface area (Å²) in [6, 6.07) is 14.1. The molecule has 9 nitrogen and oxygen atoms in total. The standard InChI is InChI=1S/C23H18N6O3/c1-14-20(28-12-5-4-8-18(28)25-14)17-9-11-24-23(26-17)27-19(30)10-13-29-21(31)15-6-2-3-7-16(15)22(29)32/h2-9,11-12H,10,13H2,1H3,(H,24,26,27,30). The third-order valence-corrected chi connectivity index (χ3v) is 5.29. The van der Waals surface area contributed by atoms with Gasteiger partial charge in [0, 0.05) is 25.4 Å². The van der Waals surface area contributed by atoms with Gasteiger partial charge in [-0.15, -0.1) is 0 Å². The Morgan fingerprint density at radius 3 is 2.44 bits per heavy atom. The number of imidazole rings is 1. The van der Waals surface area contributed by atoms with Crippen LogP contribution in [0.1, 0.15) is 32.8 Å². The Hall–Kier alpha value is -4.40. The molecule has 5 rings (SSSR count). The number of pyridine rings is 1. The number of aromatic nitrogens is 4. The molecule has 3 amide bonds. The maximum absolute atomic E-state index is 12.5. The lowest BCUT2D eigenvalue weighted by atomic mass is 10.1. The van der Waals surface area contributed by atoms with Crippen molar-refractivity contribution in [3.8, 4) is 11.4 Å². The zero-order valence-corrected chi connectivity index (χ0v) is 17.1. The smallest absolute Gasteiger partial charge is 0.261 e. The number of benzene rings is 1. The van der Waals surface area contributed by atoms with Crippen LogP contribution in [-0.2, 0) is 4.79 Å². The lowest BCUT2D eigenvalue weighted by Gasteiger charge is -2.13. The summed E-state index contributed by atoms with van der Waals surface area (Å²) in [5.41, 5.74) is 3.74. The second kappa shape index (κ2) is 7.69. The van der Waals surface area contributed by atoms with Gasteiger partial charge in [0.25, 0.3) is 11.8 Å². The first kappa shape index (κ1) is 19.6. The first-order valence-corrected chi connectivity index (χ1v) is 10.0. The summed E-state index contributed by atoms with van der Waals surface area (Å²) in [6.45, 7) is 1.87. The molecule has 32 heavy (non-hydrogen) atoms. The Bertz CT molecular complexity index is 1360. The number of carbonyl (C=O) groups is 3. The van der Waals surface area contributed by atoms with Crippen molar-refractivity contribution in [1.29, 1.82) is 0 Å². The van der Waals surface area contributed by atoms with Crippen LogP contribution in [0.4, 0.5) is 5.95 Å². The van der Waals surface area contributed by atoms with Gasteiger partial charge >= 0.3 is 0 Å². The zero-order valence-electron chi connectivity index (χ0n) is 17.1. The Kier molecular flexibility index (Phi) is 4.70. The molecule has 3 aromatic heterocycles. The molecule has 1 N–H and O–H groups in total. The highest BCUT2D eigenvalue weighted by Gasteiger charge is 2.35. The predicted molar refractivity (Wildman–Crippen MR) is 116 cm³/mol. The van der Waals surface area contributed by atoms with E-state index >= 15 is 0 Å². The van der Waals surface area contributed by atoms with E-state index in [0.29, 0.717) is 16.8 Å². The summed E-state index contributed by atoms with van der Waals surface area (Å²) < 4.78 is 1.92. The first-order valence-electron chi connectivity index (χ1n) is 10.0. The lowest BCUT2D eigenvalue weighted by Crippen LogP contribution is -2.33. The van der Waals surface area contributed by atoms with Gasteiger partial charge in [0.1, 0.15) is 5.65 Å². The first-order chi connectivity index (χ1) is 15.5. The monoisotopic (exact) mass is 426 g/mol. The van der Waals surface area contributed by atoms with Gasteiger partial charge in [-0.05, 0) is 37.3 Å². The van der Waals surface area contributed by atoms with Crippen LogP contribution in [0.25, 0.3) is 17.0 Å². The van der Waals surface area contributed by atoms with Crippen molar-refractivity contribution in [2.45, 2.75) is 13.3 Å². The van der Waals surface area contributed by atoms with E-state index in [1.807, 2.05) is 35.7 Å². The third-order valence-electron chi connectivity index (χ3n) is 5.29. The molecule has 0 spiro atoms. The van der Waals surface area contributed by atoms with Crippen molar-refractivity contribution in [3.63, 3.8) is 0 Å². The van der Waals surface area contributed by atoms with Gasteiger partial charge in [0.05, 0.1) is 28.2 Å². The highest BCUT2D eigenvalue weighted by atomic mass is 16.2. The molecule has 4 aromatic rings. The number of fused-ring (bicyclic) bond motifs is 2. The maximum Gasteiger partial charge on any atom is 0.261 e. The fraction of sp³-hybridized carbons (Fsp3) is 0.130. The predicted octanol–water partition coefficient (Wildman–Crippen LogP) is 2.72. The second-order valence-corrected chi connectivity index (χ2v) is 7.35. The minimum absolute atomic E-state index is 0.0236. The normalized spacial score (nSPS) is 13.0. The van der Waals surface area contributed by atoms with Gasteiger partial charge in [-0.3, -0.25) is 29.0 Å². The topological polar surface area (TPSA) is 110 Å². The molecule has 0 atom stereocenters. The van der Waals surface area contributed by atoms with E-state index in [1.165, 1.54) is 0 Å².